The summed E-state index contributed by atoms with van der Waals surface area (Å²) >= 11 is 3.44. The van der Waals surface area contributed by atoms with E-state index in [1.54, 1.807) is 12.4 Å². The summed E-state index contributed by atoms with van der Waals surface area (Å²) in [6, 6.07) is 11.8. The predicted octanol–water partition coefficient (Wildman–Crippen LogP) is 3.92. The monoisotopic (exact) mass is 428 g/mol. The number of aromatic nitrogens is 3. The largest absolute Gasteiger partial charge is 0.355 e. The Bertz CT molecular complexity index is 892. The summed E-state index contributed by atoms with van der Waals surface area (Å²) in [6.07, 6.45) is 4.05. The average Bonchev–Trinajstić information content (AvgIpc) is 3.15. The molecule has 0 bridgehead atoms. The Morgan fingerprint density at radius 2 is 1.85 bits per heavy atom. The van der Waals surface area contributed by atoms with Crippen molar-refractivity contribution < 1.29 is 9.32 Å². The molecule has 0 fully saturated rings. The van der Waals surface area contributed by atoms with E-state index in [-0.39, 0.29) is 11.3 Å². The van der Waals surface area contributed by atoms with Crippen molar-refractivity contribution in [3.8, 4) is 11.4 Å². The van der Waals surface area contributed by atoms with E-state index in [1.807, 2.05) is 24.3 Å². The van der Waals surface area contributed by atoms with Gasteiger partial charge in [0.1, 0.15) is 0 Å². The van der Waals surface area contributed by atoms with E-state index >= 15 is 0 Å². The summed E-state index contributed by atoms with van der Waals surface area (Å²) in [7, 11) is 0. The summed E-state index contributed by atoms with van der Waals surface area (Å²) in [5, 5.41) is 6.94. The van der Waals surface area contributed by atoms with E-state index in [0.717, 1.165) is 10.0 Å². The highest BCUT2D eigenvalue weighted by Gasteiger charge is 2.21. The van der Waals surface area contributed by atoms with Gasteiger partial charge in [0.15, 0.2) is 0 Å². The summed E-state index contributed by atoms with van der Waals surface area (Å²) in [5.74, 6) is 0.914. The molecule has 0 saturated heterocycles. The summed E-state index contributed by atoms with van der Waals surface area (Å²) in [6.45, 7) is 4.77. The molecule has 6 nitrogen and oxygen atoms in total. The number of aryl methyl sites for hydroxylation is 1. The summed E-state index contributed by atoms with van der Waals surface area (Å²) in [5.41, 5.74) is 1.85. The molecule has 27 heavy (non-hydrogen) atoms. The third-order valence-corrected chi connectivity index (χ3v) is 4.85. The van der Waals surface area contributed by atoms with Crippen molar-refractivity contribution in [1.29, 1.82) is 0 Å². The van der Waals surface area contributed by atoms with E-state index in [0.29, 0.717) is 31.1 Å². The van der Waals surface area contributed by atoms with Crippen LogP contribution >= 0.6 is 15.9 Å². The Morgan fingerprint density at radius 3 is 2.56 bits per heavy atom. The van der Waals surface area contributed by atoms with Gasteiger partial charge in [0, 0.05) is 47.2 Å². The van der Waals surface area contributed by atoms with Crippen LogP contribution in [0.25, 0.3) is 11.4 Å². The minimum atomic E-state index is -0.157. The van der Waals surface area contributed by atoms with E-state index in [9.17, 15) is 4.79 Å². The molecule has 0 radical (unpaired) electrons. The first-order valence-electron chi connectivity index (χ1n) is 8.70. The molecule has 3 aromatic rings. The fourth-order valence-corrected chi connectivity index (χ4v) is 2.87. The van der Waals surface area contributed by atoms with Crippen molar-refractivity contribution in [3.05, 3.63) is 64.7 Å². The first-order chi connectivity index (χ1) is 12.9. The molecular formula is C20H21BrN4O2. The van der Waals surface area contributed by atoms with Crippen molar-refractivity contribution in [2.75, 3.05) is 6.54 Å². The van der Waals surface area contributed by atoms with Crippen LogP contribution in [-0.2, 0) is 16.6 Å². The molecule has 0 saturated carbocycles. The Morgan fingerprint density at radius 1 is 1.15 bits per heavy atom. The highest BCUT2D eigenvalue weighted by atomic mass is 79.9. The normalized spacial score (nSPS) is 11.4. The molecule has 1 aromatic carbocycles. The van der Waals surface area contributed by atoms with Gasteiger partial charge in [-0.3, -0.25) is 9.78 Å². The Balaban J connectivity index is 1.50. The summed E-state index contributed by atoms with van der Waals surface area (Å²) < 4.78 is 6.27. The van der Waals surface area contributed by atoms with E-state index in [1.165, 1.54) is 5.56 Å². The Labute approximate surface area is 166 Å². The molecule has 0 aliphatic heterocycles. The second-order valence-electron chi connectivity index (χ2n) is 6.92. The van der Waals surface area contributed by atoms with Gasteiger partial charge >= 0.3 is 0 Å². The molecular weight excluding hydrogens is 408 g/mol. The zero-order valence-corrected chi connectivity index (χ0v) is 16.9. The number of carbonyl (C=O) groups is 1. The van der Waals surface area contributed by atoms with Crippen LogP contribution in [0.5, 0.6) is 0 Å². The lowest BCUT2D eigenvalue weighted by Crippen LogP contribution is -2.36. The van der Waals surface area contributed by atoms with Crippen molar-refractivity contribution >= 4 is 21.8 Å². The van der Waals surface area contributed by atoms with Gasteiger partial charge < -0.3 is 9.84 Å². The molecule has 3 rings (SSSR count). The van der Waals surface area contributed by atoms with Gasteiger partial charge in [0.2, 0.25) is 17.6 Å². The SMILES string of the molecule is CC(C)(CNC(=O)CCc1nc(-c2ccncc2)no1)c1ccc(Br)cc1. The highest BCUT2D eigenvalue weighted by molar-refractivity contribution is 9.10. The lowest BCUT2D eigenvalue weighted by Gasteiger charge is -2.25. The molecule has 2 heterocycles. The van der Waals surface area contributed by atoms with Crippen LogP contribution in [0.1, 0.15) is 31.7 Å². The number of rotatable bonds is 7. The van der Waals surface area contributed by atoms with Crippen LogP contribution in [0.2, 0.25) is 0 Å². The van der Waals surface area contributed by atoms with Crippen LogP contribution < -0.4 is 5.32 Å². The molecule has 0 atom stereocenters. The fourth-order valence-electron chi connectivity index (χ4n) is 2.61. The second-order valence-corrected chi connectivity index (χ2v) is 7.83. The summed E-state index contributed by atoms with van der Waals surface area (Å²) in [4.78, 5) is 20.5. The fraction of sp³-hybridized carbons (Fsp3) is 0.300. The molecule has 0 aliphatic rings. The van der Waals surface area contributed by atoms with Crippen LogP contribution in [0.3, 0.4) is 0 Å². The number of nitrogens with one attached hydrogen (secondary N) is 1. The average molecular weight is 429 g/mol. The molecule has 2 aromatic heterocycles. The minimum absolute atomic E-state index is 0.0381. The van der Waals surface area contributed by atoms with Gasteiger partial charge in [-0.2, -0.15) is 4.98 Å². The first-order valence-corrected chi connectivity index (χ1v) is 9.49. The van der Waals surface area contributed by atoms with Gasteiger partial charge in [0.05, 0.1) is 0 Å². The molecule has 1 amide bonds. The number of hydrogen-bond acceptors (Lipinski definition) is 5. The van der Waals surface area contributed by atoms with Crippen molar-refractivity contribution in [2.45, 2.75) is 32.1 Å². The van der Waals surface area contributed by atoms with Crippen LogP contribution in [0.4, 0.5) is 0 Å². The second kappa shape index (κ2) is 8.43. The molecule has 0 aliphatic carbocycles. The molecule has 1 N–H and O–H groups in total. The van der Waals surface area contributed by atoms with Crippen molar-refractivity contribution in [2.24, 2.45) is 0 Å². The molecule has 7 heteroatoms. The number of pyridine rings is 1. The zero-order valence-electron chi connectivity index (χ0n) is 15.3. The van der Waals surface area contributed by atoms with Crippen molar-refractivity contribution in [3.63, 3.8) is 0 Å². The lowest BCUT2D eigenvalue weighted by molar-refractivity contribution is -0.121. The Kier molecular flexibility index (Phi) is 6.01. The lowest BCUT2D eigenvalue weighted by atomic mass is 9.84. The van der Waals surface area contributed by atoms with Crippen molar-refractivity contribution in [1.82, 2.24) is 20.4 Å². The predicted molar refractivity (Wildman–Crippen MR) is 106 cm³/mol. The van der Waals surface area contributed by atoms with Crippen LogP contribution in [0.15, 0.2) is 57.8 Å². The van der Waals surface area contributed by atoms with Gasteiger partial charge in [-0.15, -0.1) is 0 Å². The number of amides is 1. The Hall–Kier alpha value is -2.54. The standard InChI is InChI=1S/C20H21BrN4O2/c1-20(2,15-3-5-16(21)6-4-15)13-23-17(26)7-8-18-24-19(25-27-18)14-9-11-22-12-10-14/h3-6,9-12H,7-8,13H2,1-2H3,(H,23,26). The molecule has 0 unspecified atom stereocenters. The quantitative estimate of drug-likeness (QED) is 0.616. The highest BCUT2D eigenvalue weighted by Crippen LogP contribution is 2.24. The van der Waals surface area contributed by atoms with E-state index < -0.39 is 0 Å². The third-order valence-electron chi connectivity index (χ3n) is 4.33. The van der Waals surface area contributed by atoms with E-state index in [2.05, 4.69) is 62.4 Å². The number of carbonyl (C=O) groups excluding carboxylic acids is 1. The number of hydrogen-bond donors (Lipinski definition) is 1. The zero-order chi connectivity index (χ0) is 19.3. The topological polar surface area (TPSA) is 80.9 Å². The first kappa shape index (κ1) is 19.2. The minimum Gasteiger partial charge on any atom is -0.355 e. The third kappa shape index (κ3) is 5.23. The maximum Gasteiger partial charge on any atom is 0.227 e. The number of benzene rings is 1. The molecule has 0 spiro atoms. The van der Waals surface area contributed by atoms with Gasteiger partial charge in [0.25, 0.3) is 0 Å². The number of halogens is 1. The van der Waals surface area contributed by atoms with Gasteiger partial charge in [-0.1, -0.05) is 47.1 Å². The molecule has 140 valence electrons. The van der Waals surface area contributed by atoms with Gasteiger partial charge in [-0.05, 0) is 29.8 Å². The maximum absolute atomic E-state index is 12.2. The van der Waals surface area contributed by atoms with Gasteiger partial charge in [-0.25, -0.2) is 0 Å². The maximum atomic E-state index is 12.2. The number of nitrogens with zero attached hydrogens (tertiary/aromatic N) is 3. The van der Waals surface area contributed by atoms with Crippen LogP contribution in [-0.4, -0.2) is 27.6 Å². The smallest absolute Gasteiger partial charge is 0.227 e. The van der Waals surface area contributed by atoms with Crippen LogP contribution in [0, 0.1) is 0 Å². The van der Waals surface area contributed by atoms with E-state index in [4.69, 9.17) is 4.52 Å².